The molecule has 0 atom stereocenters. The maximum absolute atomic E-state index is 13.5. The molecule has 3 aromatic carbocycles. The predicted molar refractivity (Wildman–Crippen MR) is 174 cm³/mol. The van der Waals surface area contributed by atoms with Crippen molar-refractivity contribution in [3.05, 3.63) is 107 Å². The van der Waals surface area contributed by atoms with Crippen molar-refractivity contribution < 1.29 is 9.53 Å². The second-order valence-electron chi connectivity index (χ2n) is 11.0. The molecule has 8 heteroatoms. The quantitative estimate of drug-likeness (QED) is 0.132. The molecule has 4 aromatic rings. The molecule has 0 bridgehead atoms. The average molecular weight is 579 g/mol. The van der Waals surface area contributed by atoms with E-state index in [0.29, 0.717) is 18.8 Å². The smallest absolute Gasteiger partial charge is 0.254 e. The van der Waals surface area contributed by atoms with Crippen molar-refractivity contribution in [2.75, 3.05) is 45.9 Å². The lowest BCUT2D eigenvalue weighted by Gasteiger charge is -2.34. The molecule has 1 aliphatic rings. The molecule has 43 heavy (non-hydrogen) atoms. The van der Waals surface area contributed by atoms with Gasteiger partial charge >= 0.3 is 0 Å². The number of amides is 1. The molecule has 1 aromatic heterocycles. The van der Waals surface area contributed by atoms with Crippen LogP contribution in [0.2, 0.25) is 0 Å². The lowest BCUT2D eigenvalue weighted by atomic mass is 10.1. The first-order valence-electron chi connectivity index (χ1n) is 15.3. The number of imidazole rings is 1. The monoisotopic (exact) mass is 578 g/mol. The van der Waals surface area contributed by atoms with Gasteiger partial charge in [-0.3, -0.25) is 15.1 Å². The van der Waals surface area contributed by atoms with Gasteiger partial charge in [-0.05, 0) is 49.1 Å². The van der Waals surface area contributed by atoms with Crippen LogP contribution in [0, 0.1) is 5.41 Å². The van der Waals surface area contributed by atoms with Crippen LogP contribution in [0.25, 0.3) is 17.1 Å². The number of carbonyl (C=O) groups is 1. The number of aromatic nitrogens is 2. The van der Waals surface area contributed by atoms with E-state index >= 15 is 0 Å². The summed E-state index contributed by atoms with van der Waals surface area (Å²) in [5, 5.41) is 7.62. The Balaban J connectivity index is 1.24. The number of amidine groups is 1. The van der Waals surface area contributed by atoms with Crippen LogP contribution in [0.15, 0.2) is 78.9 Å². The Bertz CT molecular complexity index is 1540. The van der Waals surface area contributed by atoms with E-state index in [0.717, 1.165) is 81.0 Å². The van der Waals surface area contributed by atoms with Crippen molar-refractivity contribution in [1.82, 2.24) is 19.4 Å². The van der Waals surface area contributed by atoms with Crippen molar-refractivity contribution in [2.45, 2.75) is 32.7 Å². The molecular weight excluding hydrogens is 536 g/mol. The third kappa shape index (κ3) is 7.97. The number of nitrogens with two attached hydrogens (primary N) is 1. The highest BCUT2D eigenvalue weighted by molar-refractivity contribution is 5.97. The molecule has 0 saturated carbocycles. The molecule has 1 amide bonds. The summed E-state index contributed by atoms with van der Waals surface area (Å²) in [5.41, 5.74) is 11.3. The highest BCUT2D eigenvalue weighted by atomic mass is 16.5. The number of aryl methyl sites for hydroxylation is 3. The Labute approximate surface area is 254 Å². The fourth-order valence-corrected chi connectivity index (χ4v) is 5.55. The van der Waals surface area contributed by atoms with E-state index in [1.165, 1.54) is 11.1 Å². The maximum Gasteiger partial charge on any atom is 0.254 e. The Morgan fingerprint density at radius 2 is 1.72 bits per heavy atom. The molecule has 8 nitrogen and oxygen atoms in total. The van der Waals surface area contributed by atoms with Crippen LogP contribution >= 0.6 is 0 Å². The Hall–Kier alpha value is -4.27. The maximum atomic E-state index is 13.5. The number of rotatable bonds is 13. The van der Waals surface area contributed by atoms with E-state index in [4.69, 9.17) is 20.9 Å². The van der Waals surface area contributed by atoms with Gasteiger partial charge in [-0.2, -0.15) is 0 Å². The van der Waals surface area contributed by atoms with Crippen LogP contribution in [-0.4, -0.2) is 77.0 Å². The van der Waals surface area contributed by atoms with Crippen LogP contribution in [0.1, 0.15) is 46.2 Å². The summed E-state index contributed by atoms with van der Waals surface area (Å²) >= 11 is 0. The first kappa shape index (κ1) is 30.2. The fraction of sp³-hybridized carbons (Fsp3) is 0.343. The van der Waals surface area contributed by atoms with Gasteiger partial charge in [0.1, 0.15) is 11.7 Å². The van der Waals surface area contributed by atoms with Crippen molar-refractivity contribution >= 4 is 28.9 Å². The lowest BCUT2D eigenvalue weighted by Crippen LogP contribution is -2.48. The number of nitrogen functional groups attached to an aromatic ring is 1. The number of fused-ring (bicyclic) bond motifs is 1. The molecule has 3 N–H and O–H groups in total. The standard InChI is InChI=1S/C35H42N6O2/c1-2-43-25-7-20-41-32-17-16-30(26-31(32)38-33(41)18-13-28-11-14-29(15-12-28)34(36)37)35(42)40-23-21-39(22-24-40)19-6-10-27-8-4-3-5-9-27/h3-6,8-12,14-17,26H,2,7,13,18-25H2,1H3,(H3,36,37)/b10-6+. The predicted octanol–water partition coefficient (Wildman–Crippen LogP) is 5.00. The van der Waals surface area contributed by atoms with Crippen LogP contribution < -0.4 is 5.73 Å². The minimum Gasteiger partial charge on any atom is -0.384 e. The molecule has 224 valence electrons. The molecule has 1 aliphatic heterocycles. The number of ether oxygens (including phenoxy) is 1. The summed E-state index contributed by atoms with van der Waals surface area (Å²) in [6, 6.07) is 24.1. The summed E-state index contributed by atoms with van der Waals surface area (Å²) in [6.07, 6.45) is 6.84. The van der Waals surface area contributed by atoms with Crippen molar-refractivity contribution in [1.29, 1.82) is 5.41 Å². The molecule has 0 unspecified atom stereocenters. The summed E-state index contributed by atoms with van der Waals surface area (Å²) in [4.78, 5) is 22.8. The summed E-state index contributed by atoms with van der Waals surface area (Å²) in [6.45, 7) is 8.27. The summed E-state index contributed by atoms with van der Waals surface area (Å²) < 4.78 is 7.86. The first-order valence-corrected chi connectivity index (χ1v) is 15.3. The highest BCUT2D eigenvalue weighted by Crippen LogP contribution is 2.22. The SMILES string of the molecule is CCOCCCn1c(CCc2ccc(C(=N)N)cc2)nc2cc(C(=O)N3CCN(C/C=C/c4ccccc4)CC3)ccc21. The van der Waals surface area contributed by atoms with Gasteiger partial charge in [-0.1, -0.05) is 66.7 Å². The lowest BCUT2D eigenvalue weighted by molar-refractivity contribution is 0.0650. The van der Waals surface area contributed by atoms with Gasteiger partial charge in [0.2, 0.25) is 0 Å². The van der Waals surface area contributed by atoms with Gasteiger partial charge < -0.3 is 19.9 Å². The number of nitrogens with zero attached hydrogens (tertiary/aromatic N) is 4. The molecule has 0 radical (unpaired) electrons. The molecule has 0 spiro atoms. The number of nitrogens with one attached hydrogen (secondary N) is 1. The van der Waals surface area contributed by atoms with Gasteiger partial charge in [0.15, 0.2) is 0 Å². The van der Waals surface area contributed by atoms with Crippen LogP contribution in [0.4, 0.5) is 0 Å². The second-order valence-corrected chi connectivity index (χ2v) is 11.0. The van der Waals surface area contributed by atoms with Gasteiger partial charge in [0.05, 0.1) is 11.0 Å². The van der Waals surface area contributed by atoms with E-state index in [1.54, 1.807) is 0 Å². The van der Waals surface area contributed by atoms with E-state index in [9.17, 15) is 4.79 Å². The summed E-state index contributed by atoms with van der Waals surface area (Å²) in [7, 11) is 0. The Morgan fingerprint density at radius 1 is 0.977 bits per heavy atom. The van der Waals surface area contributed by atoms with Gasteiger partial charge in [-0.15, -0.1) is 0 Å². The van der Waals surface area contributed by atoms with Gasteiger partial charge in [0.25, 0.3) is 5.91 Å². The van der Waals surface area contributed by atoms with E-state index in [-0.39, 0.29) is 11.7 Å². The Morgan fingerprint density at radius 3 is 2.44 bits per heavy atom. The van der Waals surface area contributed by atoms with Crippen molar-refractivity contribution in [2.24, 2.45) is 5.73 Å². The number of carbonyl (C=O) groups excluding carboxylic acids is 1. The zero-order valence-electron chi connectivity index (χ0n) is 25.0. The number of piperazine rings is 1. The van der Waals surface area contributed by atoms with E-state index in [2.05, 4.69) is 33.8 Å². The normalized spacial score (nSPS) is 14.1. The number of benzene rings is 3. The molecule has 0 aliphatic carbocycles. The summed E-state index contributed by atoms with van der Waals surface area (Å²) in [5.74, 6) is 1.15. The van der Waals surface area contributed by atoms with Gasteiger partial charge in [-0.25, -0.2) is 4.98 Å². The van der Waals surface area contributed by atoms with Gasteiger partial charge in [0, 0.05) is 70.0 Å². The largest absolute Gasteiger partial charge is 0.384 e. The molecule has 2 heterocycles. The molecule has 5 rings (SSSR count). The zero-order chi connectivity index (χ0) is 30.0. The number of hydrogen-bond acceptors (Lipinski definition) is 5. The zero-order valence-corrected chi connectivity index (χ0v) is 25.0. The molecule has 1 saturated heterocycles. The Kier molecular flexibility index (Phi) is 10.4. The number of hydrogen-bond donors (Lipinski definition) is 2. The minimum atomic E-state index is 0.0689. The van der Waals surface area contributed by atoms with Crippen LogP contribution in [0.3, 0.4) is 0 Å². The van der Waals surface area contributed by atoms with E-state index in [1.807, 2.05) is 72.5 Å². The average Bonchev–Trinajstić information content (AvgIpc) is 3.39. The third-order valence-corrected chi connectivity index (χ3v) is 7.98. The second kappa shape index (κ2) is 14.8. The topological polar surface area (TPSA) is 100 Å². The minimum absolute atomic E-state index is 0.0689. The van der Waals surface area contributed by atoms with Crippen LogP contribution in [0.5, 0.6) is 0 Å². The first-order chi connectivity index (χ1) is 21.0. The highest BCUT2D eigenvalue weighted by Gasteiger charge is 2.22. The van der Waals surface area contributed by atoms with Crippen molar-refractivity contribution in [3.8, 4) is 0 Å². The van der Waals surface area contributed by atoms with Crippen LogP contribution in [-0.2, 0) is 24.1 Å². The van der Waals surface area contributed by atoms with Crippen molar-refractivity contribution in [3.63, 3.8) is 0 Å². The fourth-order valence-electron chi connectivity index (χ4n) is 5.55. The molecule has 1 fully saturated rings. The third-order valence-electron chi connectivity index (χ3n) is 7.98. The van der Waals surface area contributed by atoms with E-state index < -0.39 is 0 Å². The molecular formula is C35H42N6O2.